The fourth-order valence-corrected chi connectivity index (χ4v) is 2.56. The summed E-state index contributed by atoms with van der Waals surface area (Å²) in [4.78, 5) is 3.61. The van der Waals surface area contributed by atoms with Gasteiger partial charge in [0, 0.05) is 11.1 Å². The van der Waals surface area contributed by atoms with Gasteiger partial charge < -0.3 is 4.74 Å². The van der Waals surface area contributed by atoms with E-state index in [1.165, 1.54) is 36.4 Å². The lowest BCUT2D eigenvalue weighted by Gasteiger charge is -2.09. The monoisotopic (exact) mass is 413 g/mol. The van der Waals surface area contributed by atoms with Gasteiger partial charge in [0.2, 0.25) is 0 Å². The lowest BCUT2D eigenvalue weighted by atomic mass is 10.0. The first-order valence-corrected chi connectivity index (χ1v) is 8.60. The lowest BCUT2D eigenvalue weighted by Crippen LogP contribution is -2.16. The molecule has 2 nitrogen and oxygen atoms in total. The molecule has 144 valence electrons. The zero-order valence-corrected chi connectivity index (χ0v) is 15.4. The Morgan fingerprint density at radius 3 is 1.90 bits per heavy atom. The van der Waals surface area contributed by atoms with E-state index in [1.807, 2.05) is 0 Å². The maximum Gasteiger partial charge on any atom is 0.573 e. The molecule has 29 heavy (non-hydrogen) atoms. The minimum absolute atomic E-state index is 0.0987. The molecule has 0 heterocycles. The Bertz CT molecular complexity index is 1120. The fraction of sp³-hybridized carbons (Fsp3) is 0.0455. The first-order chi connectivity index (χ1) is 13.8. The van der Waals surface area contributed by atoms with Crippen molar-refractivity contribution >= 4 is 23.1 Å². The Balaban J connectivity index is 1.74. The molecule has 3 aromatic carbocycles. The van der Waals surface area contributed by atoms with E-state index in [-0.39, 0.29) is 11.4 Å². The first kappa shape index (κ1) is 20.3. The number of ether oxygens (including phenoxy) is 1. The van der Waals surface area contributed by atoms with Gasteiger partial charge in [0.25, 0.3) is 0 Å². The van der Waals surface area contributed by atoms with Crippen LogP contribution in [0.5, 0.6) is 5.75 Å². The summed E-state index contributed by atoms with van der Waals surface area (Å²) in [6, 6.07) is 17.1. The molecule has 0 bridgehead atoms. The van der Waals surface area contributed by atoms with Crippen LogP contribution in [0.2, 0.25) is 0 Å². The molecular weight excluding hydrogens is 402 g/mol. The third-order valence-corrected chi connectivity index (χ3v) is 3.86. The van der Waals surface area contributed by atoms with Crippen molar-refractivity contribution in [2.24, 2.45) is 4.99 Å². The minimum Gasteiger partial charge on any atom is -0.406 e. The topological polar surface area (TPSA) is 21.6 Å². The first-order valence-electron chi connectivity index (χ1n) is 8.20. The number of thiocarbonyl (C=S) groups is 1. The highest BCUT2D eigenvalue weighted by Gasteiger charge is 2.30. The summed E-state index contributed by atoms with van der Waals surface area (Å²) in [5.41, 5.74) is 2.82. The quantitative estimate of drug-likeness (QED) is 0.211. The number of aliphatic imine (C=N–C) groups is 1. The van der Waals surface area contributed by atoms with Crippen LogP contribution in [0.15, 0.2) is 71.7 Å². The molecule has 7 heteroatoms. The number of alkyl halides is 3. The van der Waals surface area contributed by atoms with Crippen molar-refractivity contribution in [3.8, 4) is 28.7 Å². The van der Waals surface area contributed by atoms with Crippen LogP contribution in [0, 0.1) is 17.7 Å². The molecule has 0 amide bonds. The number of halogens is 4. The van der Waals surface area contributed by atoms with Crippen molar-refractivity contribution in [3.63, 3.8) is 0 Å². The summed E-state index contributed by atoms with van der Waals surface area (Å²) in [7, 11) is 0. The van der Waals surface area contributed by atoms with E-state index in [9.17, 15) is 17.6 Å². The normalized spacial score (nSPS) is 10.5. The molecule has 0 aliphatic carbocycles. The van der Waals surface area contributed by atoms with E-state index >= 15 is 0 Å². The average Bonchev–Trinajstić information content (AvgIpc) is 2.68. The van der Waals surface area contributed by atoms with E-state index in [1.54, 1.807) is 30.3 Å². The predicted molar refractivity (Wildman–Crippen MR) is 106 cm³/mol. The fourth-order valence-electron chi connectivity index (χ4n) is 2.46. The van der Waals surface area contributed by atoms with Gasteiger partial charge in [0.1, 0.15) is 11.4 Å². The van der Waals surface area contributed by atoms with E-state index in [0.717, 1.165) is 11.1 Å². The van der Waals surface area contributed by atoms with E-state index in [2.05, 4.69) is 38.9 Å². The maximum atomic E-state index is 13.8. The maximum absolute atomic E-state index is 13.8. The summed E-state index contributed by atoms with van der Waals surface area (Å²) >= 11 is 4.45. The van der Waals surface area contributed by atoms with Gasteiger partial charge in [-0.25, -0.2) is 4.39 Å². The molecule has 0 fully saturated rings. The molecule has 0 N–H and O–H groups in total. The lowest BCUT2D eigenvalue weighted by molar-refractivity contribution is -0.274. The number of nitrogens with zero attached hydrogens (tertiary/aromatic N) is 1. The summed E-state index contributed by atoms with van der Waals surface area (Å²) in [5, 5.41) is 2.11. The van der Waals surface area contributed by atoms with Gasteiger partial charge in [0.05, 0.1) is 5.16 Å². The van der Waals surface area contributed by atoms with Gasteiger partial charge in [-0.05, 0) is 65.8 Å². The molecule has 0 atom stereocenters. The standard InChI is InChI=1S/C22H11F4NOS/c23-20-13-16(5-12-21(20)27-14-29)2-1-15-3-6-17(7-4-15)18-8-10-19(11-9-18)28-22(24,25)26/h3-13H. The highest BCUT2D eigenvalue weighted by Crippen LogP contribution is 2.26. The van der Waals surface area contributed by atoms with Crippen LogP contribution in [-0.4, -0.2) is 11.5 Å². The summed E-state index contributed by atoms with van der Waals surface area (Å²) in [5.74, 6) is 4.96. The van der Waals surface area contributed by atoms with E-state index < -0.39 is 12.2 Å². The van der Waals surface area contributed by atoms with Gasteiger partial charge >= 0.3 is 6.36 Å². The molecule has 3 rings (SSSR count). The molecule has 0 aromatic heterocycles. The Hall–Kier alpha value is -3.46. The zero-order valence-electron chi connectivity index (χ0n) is 14.6. The van der Waals surface area contributed by atoms with Crippen molar-refractivity contribution in [2.45, 2.75) is 6.36 Å². The van der Waals surface area contributed by atoms with Crippen molar-refractivity contribution < 1.29 is 22.3 Å². The number of benzene rings is 3. The Kier molecular flexibility index (Phi) is 6.08. The van der Waals surface area contributed by atoms with E-state index in [4.69, 9.17) is 0 Å². The second kappa shape index (κ2) is 8.70. The Morgan fingerprint density at radius 1 is 0.793 bits per heavy atom. The highest BCUT2D eigenvalue weighted by atomic mass is 32.1. The number of hydrogen-bond donors (Lipinski definition) is 0. The van der Waals surface area contributed by atoms with Crippen LogP contribution in [-0.2, 0) is 0 Å². The van der Waals surface area contributed by atoms with Crippen LogP contribution in [0.1, 0.15) is 11.1 Å². The molecule has 3 aromatic rings. The largest absolute Gasteiger partial charge is 0.573 e. The molecule has 0 aliphatic rings. The van der Waals surface area contributed by atoms with E-state index in [0.29, 0.717) is 11.1 Å². The second-order valence-electron chi connectivity index (χ2n) is 5.77. The van der Waals surface area contributed by atoms with Crippen LogP contribution < -0.4 is 4.74 Å². The van der Waals surface area contributed by atoms with Crippen molar-refractivity contribution in [3.05, 3.63) is 83.7 Å². The number of hydrogen-bond acceptors (Lipinski definition) is 3. The summed E-state index contributed by atoms with van der Waals surface area (Å²) in [6.07, 6.45) is -4.72. The summed E-state index contributed by atoms with van der Waals surface area (Å²) < 4.78 is 54.3. The van der Waals surface area contributed by atoms with Crippen LogP contribution in [0.3, 0.4) is 0 Å². The number of rotatable bonds is 3. The SMILES string of the molecule is Fc1cc(C#Cc2ccc(-c3ccc(OC(F)(F)F)cc3)cc2)ccc1N=C=S. The van der Waals surface area contributed by atoms with Crippen LogP contribution in [0.4, 0.5) is 23.2 Å². The van der Waals surface area contributed by atoms with Crippen molar-refractivity contribution in [1.29, 1.82) is 0 Å². The molecule has 0 saturated heterocycles. The van der Waals surface area contributed by atoms with Crippen LogP contribution >= 0.6 is 12.2 Å². The minimum atomic E-state index is -4.72. The summed E-state index contributed by atoms with van der Waals surface area (Å²) in [6.45, 7) is 0. The Morgan fingerprint density at radius 2 is 1.34 bits per heavy atom. The van der Waals surface area contributed by atoms with Gasteiger partial charge in [-0.2, -0.15) is 4.99 Å². The predicted octanol–water partition coefficient (Wildman–Crippen LogP) is 6.53. The molecule has 0 saturated carbocycles. The second-order valence-corrected chi connectivity index (χ2v) is 5.95. The van der Waals surface area contributed by atoms with Gasteiger partial charge in [-0.3, -0.25) is 0 Å². The number of isothiocyanates is 1. The third kappa shape index (κ3) is 5.76. The van der Waals surface area contributed by atoms with Crippen molar-refractivity contribution in [1.82, 2.24) is 0 Å². The van der Waals surface area contributed by atoms with Crippen LogP contribution in [0.25, 0.3) is 11.1 Å². The van der Waals surface area contributed by atoms with Gasteiger partial charge in [-0.1, -0.05) is 36.1 Å². The molecular formula is C22H11F4NOS. The average molecular weight is 413 g/mol. The molecule has 0 radical (unpaired) electrons. The highest BCUT2D eigenvalue weighted by molar-refractivity contribution is 7.78. The Labute approximate surface area is 169 Å². The van der Waals surface area contributed by atoms with Gasteiger partial charge in [-0.15, -0.1) is 13.2 Å². The zero-order chi connectivity index (χ0) is 20.9. The van der Waals surface area contributed by atoms with Gasteiger partial charge in [0.15, 0.2) is 5.82 Å². The smallest absolute Gasteiger partial charge is 0.406 e. The third-order valence-electron chi connectivity index (χ3n) is 3.77. The van der Waals surface area contributed by atoms with Crippen molar-refractivity contribution in [2.75, 3.05) is 0 Å². The molecule has 0 spiro atoms. The molecule has 0 unspecified atom stereocenters. The molecule has 0 aliphatic heterocycles.